The van der Waals surface area contributed by atoms with Gasteiger partial charge in [-0.25, -0.2) is 4.79 Å². The van der Waals surface area contributed by atoms with Crippen LogP contribution in [0.1, 0.15) is 10.5 Å². The van der Waals surface area contributed by atoms with Crippen LogP contribution in [-0.4, -0.2) is 59.2 Å². The second kappa shape index (κ2) is 5.53. The van der Waals surface area contributed by atoms with E-state index in [4.69, 9.17) is 0 Å². The number of hydrogen-bond donors (Lipinski definition) is 2. The van der Waals surface area contributed by atoms with Gasteiger partial charge in [-0.05, 0) is 13.1 Å². The van der Waals surface area contributed by atoms with Crippen LogP contribution in [0.4, 0.5) is 5.69 Å². The van der Waals surface area contributed by atoms with Crippen molar-refractivity contribution in [3.63, 3.8) is 0 Å². The third-order valence-corrected chi connectivity index (χ3v) is 3.64. The highest BCUT2D eigenvalue weighted by Gasteiger charge is 2.18. The normalized spacial score (nSPS) is 16.9. The van der Waals surface area contributed by atoms with Crippen LogP contribution in [0.3, 0.4) is 0 Å². The Kier molecular flexibility index (Phi) is 3.57. The molecule has 2 aromatic rings. The highest BCUT2D eigenvalue weighted by molar-refractivity contribution is 6.04. The molecule has 2 heterocycles. The summed E-state index contributed by atoms with van der Waals surface area (Å²) in [5.74, 6) is -1.03. The lowest BCUT2D eigenvalue weighted by Crippen LogP contribution is -2.41. The zero-order chi connectivity index (χ0) is 14.8. The summed E-state index contributed by atoms with van der Waals surface area (Å²) in [5.41, 5.74) is 1.22. The first-order valence-corrected chi connectivity index (χ1v) is 6.84. The maximum absolute atomic E-state index is 11.3. The molecule has 0 aliphatic carbocycles. The van der Waals surface area contributed by atoms with Gasteiger partial charge in [0.25, 0.3) is 0 Å². The second-order valence-electron chi connectivity index (χ2n) is 5.15. The Bertz CT molecular complexity index is 686. The van der Waals surface area contributed by atoms with Gasteiger partial charge in [0.05, 0.1) is 13.1 Å². The molecule has 1 aliphatic rings. The predicted octanol–water partition coefficient (Wildman–Crippen LogP) is 2.11. The van der Waals surface area contributed by atoms with Gasteiger partial charge < -0.3 is 15.0 Å². The average Bonchev–Trinajstić information content (AvgIpc) is 2.86. The van der Waals surface area contributed by atoms with Crippen molar-refractivity contribution >= 4 is 22.6 Å². The van der Waals surface area contributed by atoms with Crippen LogP contribution in [0.25, 0.3) is 10.9 Å². The van der Waals surface area contributed by atoms with E-state index in [0.717, 1.165) is 37.1 Å². The largest absolute Gasteiger partial charge is 0.477 e. The minimum Gasteiger partial charge on any atom is -0.477 e. The number of para-hydroxylation sites is 1. The van der Waals surface area contributed by atoms with Gasteiger partial charge in [0.2, 0.25) is 0 Å². The lowest BCUT2D eigenvalue weighted by atomic mass is 10.2. The zero-order valence-electron chi connectivity index (χ0n) is 11.8. The molecule has 21 heavy (non-hydrogen) atoms. The third kappa shape index (κ3) is 2.73. The number of fused-ring (bicyclic) bond motifs is 1. The topological polar surface area (TPSA) is 84.3 Å². The number of nitrogens with zero attached hydrogens (tertiary/aromatic N) is 4. The highest BCUT2D eigenvalue weighted by Crippen LogP contribution is 2.30. The van der Waals surface area contributed by atoms with E-state index in [-0.39, 0.29) is 5.69 Å². The lowest BCUT2D eigenvalue weighted by Gasteiger charge is -2.29. The van der Waals surface area contributed by atoms with Gasteiger partial charge in [-0.3, -0.25) is 5.01 Å². The van der Waals surface area contributed by atoms with Crippen LogP contribution in [0.5, 0.6) is 0 Å². The molecule has 0 radical (unpaired) electrons. The first-order chi connectivity index (χ1) is 10.1. The number of hydrogen-bond acceptors (Lipinski definition) is 4. The zero-order valence-corrected chi connectivity index (χ0v) is 11.8. The molecule has 3 rings (SSSR count). The average molecular weight is 287 g/mol. The van der Waals surface area contributed by atoms with Gasteiger partial charge >= 0.3 is 5.97 Å². The molecule has 0 bridgehead atoms. The summed E-state index contributed by atoms with van der Waals surface area (Å²) in [6, 6.07) is 7.38. The summed E-state index contributed by atoms with van der Waals surface area (Å²) in [5, 5.41) is 20.3. The Morgan fingerprint density at radius 1 is 1.24 bits per heavy atom. The van der Waals surface area contributed by atoms with Crippen LogP contribution >= 0.6 is 0 Å². The van der Waals surface area contributed by atoms with Crippen molar-refractivity contribution in [2.75, 3.05) is 33.2 Å². The number of aromatic carboxylic acids is 1. The smallest absolute Gasteiger partial charge is 0.354 e. The molecule has 7 nitrogen and oxygen atoms in total. The van der Waals surface area contributed by atoms with Crippen molar-refractivity contribution in [1.82, 2.24) is 14.9 Å². The molecule has 1 fully saturated rings. The van der Waals surface area contributed by atoms with Gasteiger partial charge in [-0.15, -0.1) is 5.11 Å². The van der Waals surface area contributed by atoms with Crippen LogP contribution in [0.15, 0.2) is 34.6 Å². The van der Waals surface area contributed by atoms with Gasteiger partial charge in [0.15, 0.2) is 5.69 Å². The van der Waals surface area contributed by atoms with E-state index in [0.29, 0.717) is 5.69 Å². The molecule has 7 heteroatoms. The number of nitrogens with one attached hydrogen (secondary N) is 1. The SMILES string of the molecule is CN1CCN(N=Nc2c(C(=O)O)[nH]c3ccccc23)CC1. The third-order valence-electron chi connectivity index (χ3n) is 3.64. The Hall–Kier alpha value is -2.41. The predicted molar refractivity (Wildman–Crippen MR) is 78.8 cm³/mol. The Morgan fingerprint density at radius 3 is 2.67 bits per heavy atom. The van der Waals surface area contributed by atoms with Crippen LogP contribution in [-0.2, 0) is 0 Å². The van der Waals surface area contributed by atoms with Crippen LogP contribution in [0.2, 0.25) is 0 Å². The van der Waals surface area contributed by atoms with Crippen molar-refractivity contribution in [1.29, 1.82) is 0 Å². The number of carboxylic acid groups (broad SMARTS) is 1. The Morgan fingerprint density at radius 2 is 1.95 bits per heavy atom. The van der Waals surface area contributed by atoms with Crippen molar-refractivity contribution in [3.05, 3.63) is 30.0 Å². The van der Waals surface area contributed by atoms with E-state index in [9.17, 15) is 9.90 Å². The molecule has 0 spiro atoms. The molecule has 1 aromatic heterocycles. The van der Waals surface area contributed by atoms with Gasteiger partial charge in [-0.1, -0.05) is 23.4 Å². The van der Waals surface area contributed by atoms with E-state index < -0.39 is 5.97 Å². The maximum Gasteiger partial charge on any atom is 0.354 e. The van der Waals surface area contributed by atoms with Crippen LogP contribution < -0.4 is 0 Å². The van der Waals surface area contributed by atoms with Crippen molar-refractivity contribution in [3.8, 4) is 0 Å². The number of H-pyrrole nitrogens is 1. The molecule has 0 atom stereocenters. The Balaban J connectivity index is 1.92. The molecule has 1 aromatic carbocycles. The monoisotopic (exact) mass is 287 g/mol. The van der Waals surface area contributed by atoms with E-state index in [1.54, 1.807) is 0 Å². The highest BCUT2D eigenvalue weighted by atomic mass is 16.4. The minimum absolute atomic E-state index is 0.0778. The summed E-state index contributed by atoms with van der Waals surface area (Å²) in [6.07, 6.45) is 0. The molecule has 110 valence electrons. The number of piperazine rings is 1. The summed E-state index contributed by atoms with van der Waals surface area (Å²) >= 11 is 0. The number of benzene rings is 1. The van der Waals surface area contributed by atoms with E-state index in [1.165, 1.54) is 0 Å². The molecule has 0 saturated carbocycles. The van der Waals surface area contributed by atoms with E-state index in [1.807, 2.05) is 29.3 Å². The molecule has 0 unspecified atom stereocenters. The molecular formula is C14H17N5O2. The fraction of sp³-hybridized carbons (Fsp3) is 0.357. The van der Waals surface area contributed by atoms with E-state index in [2.05, 4.69) is 27.3 Å². The fourth-order valence-corrected chi connectivity index (χ4v) is 2.38. The first kappa shape index (κ1) is 13.6. The lowest BCUT2D eigenvalue weighted by molar-refractivity contribution is 0.0692. The fourth-order valence-electron chi connectivity index (χ4n) is 2.38. The van der Waals surface area contributed by atoms with E-state index >= 15 is 0 Å². The summed E-state index contributed by atoms with van der Waals surface area (Å²) in [4.78, 5) is 16.4. The van der Waals surface area contributed by atoms with Crippen molar-refractivity contribution in [2.45, 2.75) is 0 Å². The number of rotatable bonds is 3. The standard InChI is InChI=1S/C14H17N5O2/c1-18-6-8-19(9-7-18)17-16-12-10-4-2-3-5-11(10)15-13(12)14(20)21/h2-5,15H,6-9H2,1H3,(H,20,21). The number of aromatic amines is 1. The quantitative estimate of drug-likeness (QED) is 0.847. The van der Waals surface area contributed by atoms with Gasteiger partial charge in [-0.2, -0.15) is 0 Å². The molecule has 1 aliphatic heterocycles. The molecule has 1 saturated heterocycles. The summed E-state index contributed by atoms with van der Waals surface area (Å²) in [6.45, 7) is 3.45. The number of carbonyl (C=O) groups is 1. The summed E-state index contributed by atoms with van der Waals surface area (Å²) in [7, 11) is 2.07. The molecule has 2 N–H and O–H groups in total. The summed E-state index contributed by atoms with van der Waals surface area (Å²) < 4.78 is 0. The first-order valence-electron chi connectivity index (χ1n) is 6.84. The van der Waals surface area contributed by atoms with Gasteiger partial charge in [0.1, 0.15) is 5.69 Å². The van der Waals surface area contributed by atoms with Crippen LogP contribution in [0, 0.1) is 0 Å². The van der Waals surface area contributed by atoms with Gasteiger partial charge in [0, 0.05) is 24.0 Å². The second-order valence-corrected chi connectivity index (χ2v) is 5.15. The molecular weight excluding hydrogens is 270 g/mol. The number of carboxylic acids is 1. The van der Waals surface area contributed by atoms with Crippen molar-refractivity contribution in [2.24, 2.45) is 10.3 Å². The number of likely N-dealkylation sites (N-methyl/N-ethyl adjacent to an activating group) is 1. The minimum atomic E-state index is -1.03. The number of aromatic nitrogens is 1. The molecule has 0 amide bonds. The Labute approximate surface area is 121 Å². The maximum atomic E-state index is 11.3. The van der Waals surface area contributed by atoms with Crippen molar-refractivity contribution < 1.29 is 9.90 Å².